The number of hydrogen-bond donors (Lipinski definition) is 1. The summed E-state index contributed by atoms with van der Waals surface area (Å²) >= 11 is 0. The Hall–Kier alpha value is -0.0800. The maximum Gasteiger partial charge on any atom is 0.0625 e. The minimum Gasteiger partial charge on any atom is -0.377 e. The monoisotopic (exact) mass is 241 g/mol. The smallest absolute Gasteiger partial charge is 0.0625 e. The van der Waals surface area contributed by atoms with Crippen molar-refractivity contribution in [3.05, 3.63) is 0 Å². The number of ether oxygens (including phenoxy) is 1. The first-order valence-electron chi connectivity index (χ1n) is 7.39. The van der Waals surface area contributed by atoms with E-state index in [-0.39, 0.29) is 0 Å². The van der Waals surface area contributed by atoms with Crippen LogP contribution in [0.1, 0.15) is 53.9 Å². The molecule has 2 nitrogen and oxygen atoms in total. The number of rotatable bonds is 6. The molecule has 0 spiro atoms. The molecule has 0 saturated heterocycles. The maximum atomic E-state index is 5.81. The van der Waals surface area contributed by atoms with Gasteiger partial charge in [0.25, 0.3) is 0 Å². The minimum atomic E-state index is 0.344. The first-order chi connectivity index (χ1) is 8.04. The lowest BCUT2D eigenvalue weighted by molar-refractivity contribution is 0.0358. The van der Waals surface area contributed by atoms with Gasteiger partial charge >= 0.3 is 0 Å². The highest BCUT2D eigenvalue weighted by atomic mass is 16.5. The highest BCUT2D eigenvalue weighted by molar-refractivity contribution is 4.83. The second kappa shape index (κ2) is 7.38. The Kier molecular flexibility index (Phi) is 6.50. The molecule has 0 amide bonds. The first kappa shape index (κ1) is 15.0. The normalized spacial score (nSPS) is 31.8. The van der Waals surface area contributed by atoms with Crippen LogP contribution in [0.25, 0.3) is 0 Å². The van der Waals surface area contributed by atoms with Crippen LogP contribution >= 0.6 is 0 Å². The molecule has 4 atom stereocenters. The lowest BCUT2D eigenvalue weighted by Gasteiger charge is -2.37. The van der Waals surface area contributed by atoms with Gasteiger partial charge < -0.3 is 10.1 Å². The highest BCUT2D eigenvalue weighted by Gasteiger charge is 2.29. The van der Waals surface area contributed by atoms with E-state index in [4.69, 9.17) is 4.74 Å². The molecule has 0 bridgehead atoms. The second-order valence-corrected chi connectivity index (χ2v) is 6.07. The van der Waals surface area contributed by atoms with Gasteiger partial charge in [-0.05, 0) is 51.0 Å². The Balaban J connectivity index is 2.45. The van der Waals surface area contributed by atoms with E-state index in [1.807, 2.05) is 0 Å². The summed E-state index contributed by atoms with van der Waals surface area (Å²) in [4.78, 5) is 0. The van der Waals surface area contributed by atoms with Gasteiger partial charge in [0, 0.05) is 6.04 Å². The van der Waals surface area contributed by atoms with Gasteiger partial charge in [-0.3, -0.25) is 0 Å². The van der Waals surface area contributed by atoms with Gasteiger partial charge in [0.2, 0.25) is 0 Å². The molecule has 17 heavy (non-hydrogen) atoms. The fraction of sp³-hybridized carbons (Fsp3) is 1.00. The van der Waals surface area contributed by atoms with E-state index in [2.05, 4.69) is 39.9 Å². The molecule has 1 rings (SSSR count). The number of nitrogens with one attached hydrogen (secondary N) is 1. The fourth-order valence-corrected chi connectivity index (χ4v) is 2.87. The van der Waals surface area contributed by atoms with Gasteiger partial charge in [-0.1, -0.05) is 27.2 Å². The molecule has 0 aliphatic heterocycles. The van der Waals surface area contributed by atoms with E-state index in [1.54, 1.807) is 0 Å². The highest BCUT2D eigenvalue weighted by Crippen LogP contribution is 2.35. The third-order valence-electron chi connectivity index (χ3n) is 4.28. The summed E-state index contributed by atoms with van der Waals surface area (Å²) < 4.78 is 5.81. The molecule has 4 unspecified atom stereocenters. The van der Waals surface area contributed by atoms with E-state index in [0.717, 1.165) is 30.9 Å². The first-order valence-corrected chi connectivity index (χ1v) is 7.39. The zero-order valence-corrected chi connectivity index (χ0v) is 12.3. The summed E-state index contributed by atoms with van der Waals surface area (Å²) in [6, 6.07) is 0.553. The van der Waals surface area contributed by atoms with Crippen molar-refractivity contribution in [3.63, 3.8) is 0 Å². The zero-order valence-electron chi connectivity index (χ0n) is 12.3. The van der Waals surface area contributed by atoms with Crippen LogP contribution in [0.2, 0.25) is 0 Å². The SMILES string of the molecule is CCNC(COC(C)C)C1CCC(C)C(C)C1. The molecule has 0 heterocycles. The standard InChI is InChI=1S/C15H31NO/c1-6-16-15(10-17-11(2)3)14-8-7-12(4)13(5)9-14/h11-16H,6-10H2,1-5H3. The topological polar surface area (TPSA) is 21.3 Å². The van der Waals surface area contributed by atoms with Crippen LogP contribution in [-0.4, -0.2) is 25.3 Å². The van der Waals surface area contributed by atoms with Crippen molar-refractivity contribution < 1.29 is 4.74 Å². The molecule has 1 aliphatic carbocycles. The number of hydrogen-bond acceptors (Lipinski definition) is 2. The molecule has 2 heteroatoms. The summed E-state index contributed by atoms with van der Waals surface area (Å²) in [7, 11) is 0. The van der Waals surface area contributed by atoms with Crippen molar-refractivity contribution in [1.82, 2.24) is 5.32 Å². The van der Waals surface area contributed by atoms with Gasteiger partial charge in [-0.15, -0.1) is 0 Å². The average molecular weight is 241 g/mol. The van der Waals surface area contributed by atoms with Crippen molar-refractivity contribution in [1.29, 1.82) is 0 Å². The van der Waals surface area contributed by atoms with Gasteiger partial charge in [0.15, 0.2) is 0 Å². The zero-order chi connectivity index (χ0) is 12.8. The molecule has 102 valence electrons. The van der Waals surface area contributed by atoms with Crippen LogP contribution in [0.15, 0.2) is 0 Å². The Morgan fingerprint density at radius 1 is 1.18 bits per heavy atom. The van der Waals surface area contributed by atoms with Crippen molar-refractivity contribution >= 4 is 0 Å². The number of likely N-dealkylation sites (N-methyl/N-ethyl adjacent to an activating group) is 1. The molecule has 1 N–H and O–H groups in total. The van der Waals surface area contributed by atoms with E-state index >= 15 is 0 Å². The van der Waals surface area contributed by atoms with E-state index < -0.39 is 0 Å². The quantitative estimate of drug-likeness (QED) is 0.769. The molecule has 0 aromatic carbocycles. The molecule has 1 aliphatic rings. The third kappa shape index (κ3) is 4.97. The van der Waals surface area contributed by atoms with Crippen LogP contribution in [-0.2, 0) is 4.74 Å². The van der Waals surface area contributed by atoms with Crippen molar-refractivity contribution in [2.75, 3.05) is 13.2 Å². The molecule has 0 aromatic rings. The third-order valence-corrected chi connectivity index (χ3v) is 4.28. The summed E-state index contributed by atoms with van der Waals surface area (Å²) in [5, 5.41) is 3.62. The summed E-state index contributed by atoms with van der Waals surface area (Å²) in [6.45, 7) is 13.2. The van der Waals surface area contributed by atoms with Crippen LogP contribution in [0.3, 0.4) is 0 Å². The van der Waals surface area contributed by atoms with E-state index in [0.29, 0.717) is 12.1 Å². The Bertz CT molecular complexity index is 205. The van der Waals surface area contributed by atoms with Crippen LogP contribution in [0.4, 0.5) is 0 Å². The average Bonchev–Trinajstić information content (AvgIpc) is 2.28. The van der Waals surface area contributed by atoms with Gasteiger partial charge in [-0.25, -0.2) is 0 Å². The Labute approximate surface area is 108 Å². The lowest BCUT2D eigenvalue weighted by Crippen LogP contribution is -2.43. The van der Waals surface area contributed by atoms with Crippen molar-refractivity contribution in [2.24, 2.45) is 17.8 Å². The van der Waals surface area contributed by atoms with Crippen LogP contribution in [0, 0.1) is 17.8 Å². The molecule has 1 saturated carbocycles. The van der Waals surface area contributed by atoms with Crippen LogP contribution < -0.4 is 5.32 Å². The second-order valence-electron chi connectivity index (χ2n) is 6.07. The van der Waals surface area contributed by atoms with Crippen molar-refractivity contribution in [2.45, 2.75) is 66.0 Å². The Morgan fingerprint density at radius 3 is 2.41 bits per heavy atom. The maximum absolute atomic E-state index is 5.81. The summed E-state index contributed by atoms with van der Waals surface area (Å²) in [6.07, 6.45) is 4.46. The van der Waals surface area contributed by atoms with E-state index in [9.17, 15) is 0 Å². The Morgan fingerprint density at radius 2 is 1.88 bits per heavy atom. The van der Waals surface area contributed by atoms with Gasteiger partial charge in [-0.2, -0.15) is 0 Å². The van der Waals surface area contributed by atoms with E-state index in [1.165, 1.54) is 19.3 Å². The van der Waals surface area contributed by atoms with Gasteiger partial charge in [0.1, 0.15) is 0 Å². The lowest BCUT2D eigenvalue weighted by atomic mass is 9.73. The van der Waals surface area contributed by atoms with Gasteiger partial charge in [0.05, 0.1) is 12.7 Å². The largest absolute Gasteiger partial charge is 0.377 e. The predicted molar refractivity (Wildman–Crippen MR) is 74.2 cm³/mol. The molecular formula is C15H31NO. The minimum absolute atomic E-state index is 0.344. The summed E-state index contributed by atoms with van der Waals surface area (Å²) in [5.41, 5.74) is 0. The van der Waals surface area contributed by atoms with Crippen molar-refractivity contribution in [3.8, 4) is 0 Å². The fourth-order valence-electron chi connectivity index (χ4n) is 2.87. The summed E-state index contributed by atoms with van der Waals surface area (Å²) in [5.74, 6) is 2.58. The molecule has 1 fully saturated rings. The molecule has 0 aromatic heterocycles. The predicted octanol–water partition coefficient (Wildman–Crippen LogP) is 3.46. The molecule has 0 radical (unpaired) electrons. The molecular weight excluding hydrogens is 210 g/mol. The van der Waals surface area contributed by atoms with Crippen LogP contribution in [0.5, 0.6) is 0 Å².